The molecule has 1 aliphatic carbocycles. The van der Waals surface area contributed by atoms with Crippen molar-refractivity contribution in [2.24, 2.45) is 5.92 Å². The van der Waals surface area contributed by atoms with E-state index in [2.05, 4.69) is 15.2 Å². The maximum Gasteiger partial charge on any atom is 0.307 e. The molecule has 1 atom stereocenters. The Morgan fingerprint density at radius 1 is 1.48 bits per heavy atom. The van der Waals surface area contributed by atoms with E-state index in [1.807, 2.05) is 6.92 Å². The Morgan fingerprint density at radius 2 is 2.26 bits per heavy atom. The normalized spacial score (nSPS) is 20.4. The van der Waals surface area contributed by atoms with Crippen LogP contribution >= 0.6 is 0 Å². The van der Waals surface area contributed by atoms with Gasteiger partial charge in [0.15, 0.2) is 0 Å². The number of carbonyl (C=O) groups excluding carboxylic acids is 1. The predicted octanol–water partition coefficient (Wildman–Crippen LogP) is 1.99. The highest BCUT2D eigenvalue weighted by Crippen LogP contribution is 2.28. The van der Waals surface area contributed by atoms with E-state index in [0.29, 0.717) is 6.61 Å². The Balaban J connectivity index is 1.58. The second-order valence-corrected chi connectivity index (χ2v) is 6.85. The first-order chi connectivity index (χ1) is 11.2. The summed E-state index contributed by atoms with van der Waals surface area (Å²) < 4.78 is 10.7. The number of rotatable bonds is 6. The molecule has 23 heavy (non-hydrogen) atoms. The molecular weight excluding hydrogens is 294 g/mol. The van der Waals surface area contributed by atoms with Crippen LogP contribution in [0.4, 0.5) is 0 Å². The Kier molecular flexibility index (Phi) is 5.33. The summed E-state index contributed by atoms with van der Waals surface area (Å²) in [6, 6.07) is -0.0599. The van der Waals surface area contributed by atoms with Crippen molar-refractivity contribution in [2.45, 2.75) is 51.6 Å². The molecule has 1 aromatic rings. The van der Waals surface area contributed by atoms with Crippen LogP contribution in [0.2, 0.25) is 0 Å². The maximum atomic E-state index is 12.2. The summed E-state index contributed by atoms with van der Waals surface area (Å²) in [5.41, 5.74) is 0.929. The van der Waals surface area contributed by atoms with Crippen LogP contribution in [0.15, 0.2) is 4.42 Å². The smallest absolute Gasteiger partial charge is 0.307 e. The summed E-state index contributed by atoms with van der Waals surface area (Å²) in [5, 5.41) is 2.84. The van der Waals surface area contributed by atoms with Crippen LogP contribution in [0.5, 0.6) is 0 Å². The van der Waals surface area contributed by atoms with Crippen molar-refractivity contribution in [3.8, 4) is 0 Å². The monoisotopic (exact) mass is 321 g/mol. The van der Waals surface area contributed by atoms with Gasteiger partial charge in [-0.1, -0.05) is 12.8 Å². The molecular formula is C17H27N3O3. The molecule has 0 spiro atoms. The lowest BCUT2D eigenvalue weighted by atomic mass is 10.1. The van der Waals surface area contributed by atoms with Crippen LogP contribution in [0.25, 0.3) is 0 Å². The van der Waals surface area contributed by atoms with Crippen LogP contribution in [0.3, 0.4) is 0 Å². The minimum absolute atomic E-state index is 0.0599. The Labute approximate surface area is 137 Å². The third-order valence-electron chi connectivity index (χ3n) is 4.79. The minimum Gasteiger partial charge on any atom is -0.437 e. The molecule has 0 unspecified atom stereocenters. The van der Waals surface area contributed by atoms with Gasteiger partial charge in [0.05, 0.1) is 12.3 Å². The molecule has 0 saturated heterocycles. The van der Waals surface area contributed by atoms with Crippen LogP contribution in [-0.2, 0) is 17.7 Å². The molecule has 0 bridgehead atoms. The topological polar surface area (TPSA) is 67.6 Å². The SMILES string of the molecule is COC[C@H](C)NC(=O)c1nc2c(o1)CCN(CC1CCCC1)C2. The number of nitrogens with zero attached hydrogens (tertiary/aromatic N) is 2. The first kappa shape index (κ1) is 16.5. The zero-order chi connectivity index (χ0) is 16.2. The molecule has 1 aromatic heterocycles. The zero-order valence-corrected chi connectivity index (χ0v) is 14.1. The molecule has 2 aliphatic rings. The maximum absolute atomic E-state index is 12.2. The second-order valence-electron chi connectivity index (χ2n) is 6.85. The number of aromatic nitrogens is 1. The van der Waals surface area contributed by atoms with Gasteiger partial charge in [0, 0.05) is 39.2 Å². The first-order valence-corrected chi connectivity index (χ1v) is 8.66. The largest absolute Gasteiger partial charge is 0.437 e. The molecule has 3 rings (SSSR count). The molecule has 1 N–H and O–H groups in total. The van der Waals surface area contributed by atoms with Crippen molar-refractivity contribution >= 4 is 5.91 Å². The predicted molar refractivity (Wildman–Crippen MR) is 86.2 cm³/mol. The van der Waals surface area contributed by atoms with Crippen LogP contribution in [0.1, 0.15) is 54.7 Å². The number of methoxy groups -OCH3 is 1. The average molecular weight is 321 g/mol. The van der Waals surface area contributed by atoms with Gasteiger partial charge >= 0.3 is 5.91 Å². The highest BCUT2D eigenvalue weighted by Gasteiger charge is 2.27. The summed E-state index contributed by atoms with van der Waals surface area (Å²) in [7, 11) is 1.62. The number of hydrogen-bond donors (Lipinski definition) is 1. The third kappa shape index (κ3) is 4.12. The van der Waals surface area contributed by atoms with Crippen molar-refractivity contribution in [3.05, 3.63) is 17.3 Å². The van der Waals surface area contributed by atoms with Gasteiger partial charge in [-0.2, -0.15) is 0 Å². The first-order valence-electron chi connectivity index (χ1n) is 8.66. The summed E-state index contributed by atoms with van der Waals surface area (Å²) in [6.07, 6.45) is 6.30. The fraction of sp³-hybridized carbons (Fsp3) is 0.765. The lowest BCUT2D eigenvalue weighted by Gasteiger charge is -2.27. The van der Waals surface area contributed by atoms with Gasteiger partial charge in [0.1, 0.15) is 5.76 Å². The molecule has 128 valence electrons. The van der Waals surface area contributed by atoms with E-state index in [1.54, 1.807) is 7.11 Å². The Morgan fingerprint density at radius 3 is 3.00 bits per heavy atom. The highest BCUT2D eigenvalue weighted by atomic mass is 16.5. The molecule has 1 fully saturated rings. The standard InChI is InChI=1S/C17H27N3O3/c1-12(11-22-2)18-16(21)17-19-14-10-20(8-7-15(14)23-17)9-13-5-3-4-6-13/h12-13H,3-11H2,1-2H3,(H,18,21)/t12-/m0/s1. The Hall–Kier alpha value is -1.40. The van der Waals surface area contributed by atoms with E-state index in [9.17, 15) is 4.79 Å². The zero-order valence-electron chi connectivity index (χ0n) is 14.1. The van der Waals surface area contributed by atoms with Crippen LogP contribution in [-0.4, -0.2) is 48.6 Å². The average Bonchev–Trinajstić information content (AvgIpc) is 3.16. The summed E-state index contributed by atoms with van der Waals surface area (Å²) in [6.45, 7) is 5.32. The molecule has 6 nitrogen and oxygen atoms in total. The molecule has 1 amide bonds. The van der Waals surface area contributed by atoms with Gasteiger partial charge in [-0.3, -0.25) is 9.69 Å². The third-order valence-corrected chi connectivity index (χ3v) is 4.79. The van der Waals surface area contributed by atoms with E-state index in [4.69, 9.17) is 9.15 Å². The molecule has 0 aromatic carbocycles. The van der Waals surface area contributed by atoms with E-state index in [1.165, 1.54) is 25.7 Å². The van der Waals surface area contributed by atoms with Crippen molar-refractivity contribution in [1.82, 2.24) is 15.2 Å². The molecule has 0 radical (unpaired) electrons. The summed E-state index contributed by atoms with van der Waals surface area (Å²) in [4.78, 5) is 19.1. The lowest BCUT2D eigenvalue weighted by Crippen LogP contribution is -2.35. The van der Waals surface area contributed by atoms with Crippen LogP contribution < -0.4 is 5.32 Å². The van der Waals surface area contributed by atoms with Crippen LogP contribution in [0, 0.1) is 5.92 Å². The molecule has 2 heterocycles. The number of fused-ring (bicyclic) bond motifs is 1. The number of nitrogens with one attached hydrogen (secondary N) is 1. The van der Waals surface area contributed by atoms with Gasteiger partial charge in [-0.05, 0) is 25.7 Å². The van der Waals surface area contributed by atoms with Crippen molar-refractivity contribution < 1.29 is 13.9 Å². The number of carbonyl (C=O) groups is 1. The van der Waals surface area contributed by atoms with Crippen molar-refractivity contribution in [1.29, 1.82) is 0 Å². The van der Waals surface area contributed by atoms with Gasteiger partial charge in [0.25, 0.3) is 5.89 Å². The lowest BCUT2D eigenvalue weighted by molar-refractivity contribution is 0.0869. The number of amides is 1. The van der Waals surface area contributed by atoms with E-state index in [0.717, 1.165) is 43.4 Å². The second kappa shape index (κ2) is 7.45. The summed E-state index contributed by atoms with van der Waals surface area (Å²) in [5.74, 6) is 1.63. The van der Waals surface area contributed by atoms with Gasteiger partial charge in [-0.25, -0.2) is 4.98 Å². The van der Waals surface area contributed by atoms with Crippen molar-refractivity contribution in [2.75, 3.05) is 26.8 Å². The fourth-order valence-electron chi connectivity index (χ4n) is 3.64. The minimum atomic E-state index is -0.258. The van der Waals surface area contributed by atoms with E-state index < -0.39 is 0 Å². The number of ether oxygens (including phenoxy) is 1. The highest BCUT2D eigenvalue weighted by molar-refractivity contribution is 5.89. The van der Waals surface area contributed by atoms with Crippen molar-refractivity contribution in [3.63, 3.8) is 0 Å². The Bertz CT molecular complexity index is 537. The number of oxazole rings is 1. The molecule has 6 heteroatoms. The van der Waals surface area contributed by atoms with E-state index in [-0.39, 0.29) is 17.8 Å². The molecule has 1 saturated carbocycles. The quantitative estimate of drug-likeness (QED) is 0.868. The van der Waals surface area contributed by atoms with Gasteiger partial charge < -0.3 is 14.5 Å². The summed E-state index contributed by atoms with van der Waals surface area (Å²) >= 11 is 0. The van der Waals surface area contributed by atoms with Gasteiger partial charge in [0.2, 0.25) is 0 Å². The van der Waals surface area contributed by atoms with E-state index >= 15 is 0 Å². The van der Waals surface area contributed by atoms with Gasteiger partial charge in [-0.15, -0.1) is 0 Å². The fourth-order valence-corrected chi connectivity index (χ4v) is 3.64. The number of hydrogen-bond acceptors (Lipinski definition) is 5. The molecule has 1 aliphatic heterocycles.